The molecule has 2 fully saturated rings. The van der Waals surface area contributed by atoms with E-state index in [1.807, 2.05) is 12.1 Å². The van der Waals surface area contributed by atoms with E-state index < -0.39 is 0 Å². The van der Waals surface area contributed by atoms with Gasteiger partial charge in [0.25, 0.3) is 0 Å². The smallest absolute Gasteiger partial charge is 0.228 e. The largest absolute Gasteiger partial charge is 0.493 e. The molecule has 164 valence electrons. The molecule has 2 aliphatic heterocycles. The van der Waals surface area contributed by atoms with E-state index in [0.717, 1.165) is 61.7 Å². The molecule has 0 amide bonds. The van der Waals surface area contributed by atoms with Gasteiger partial charge in [0, 0.05) is 49.7 Å². The van der Waals surface area contributed by atoms with Crippen LogP contribution in [0.3, 0.4) is 0 Å². The minimum Gasteiger partial charge on any atom is -0.493 e. The van der Waals surface area contributed by atoms with Crippen LogP contribution in [-0.4, -0.2) is 80.6 Å². The van der Waals surface area contributed by atoms with Crippen LogP contribution in [0.4, 0.5) is 11.8 Å². The number of piperidine rings is 1. The molecule has 2 saturated heterocycles. The molecule has 1 aromatic heterocycles. The maximum atomic E-state index is 5.53. The van der Waals surface area contributed by atoms with Crippen LogP contribution in [-0.2, 0) is 4.74 Å². The first-order chi connectivity index (χ1) is 14.6. The lowest BCUT2D eigenvalue weighted by Gasteiger charge is -2.35. The number of rotatable bonds is 6. The summed E-state index contributed by atoms with van der Waals surface area (Å²) in [5.74, 6) is 2.96. The van der Waals surface area contributed by atoms with Crippen LogP contribution in [0, 0.1) is 0 Å². The summed E-state index contributed by atoms with van der Waals surface area (Å²) < 4.78 is 16.5. The summed E-state index contributed by atoms with van der Waals surface area (Å²) in [5, 5.41) is 4.67. The van der Waals surface area contributed by atoms with Crippen molar-refractivity contribution in [3.63, 3.8) is 0 Å². The molecule has 0 atom stereocenters. The van der Waals surface area contributed by atoms with E-state index in [-0.39, 0.29) is 0 Å². The van der Waals surface area contributed by atoms with Crippen molar-refractivity contribution in [2.45, 2.75) is 38.8 Å². The summed E-state index contributed by atoms with van der Waals surface area (Å²) in [4.78, 5) is 14.5. The Morgan fingerprint density at radius 2 is 1.67 bits per heavy atom. The average Bonchev–Trinajstić information content (AvgIpc) is 2.79. The zero-order valence-corrected chi connectivity index (χ0v) is 18.5. The summed E-state index contributed by atoms with van der Waals surface area (Å²) in [6, 6.07) is 4.90. The van der Waals surface area contributed by atoms with E-state index in [1.165, 1.54) is 0 Å². The molecular weight excluding hydrogens is 382 g/mol. The number of nitrogens with zero attached hydrogens (tertiary/aromatic N) is 4. The van der Waals surface area contributed by atoms with Gasteiger partial charge in [-0.05, 0) is 32.8 Å². The van der Waals surface area contributed by atoms with Crippen molar-refractivity contribution in [3.8, 4) is 11.5 Å². The zero-order chi connectivity index (χ0) is 21.1. The van der Waals surface area contributed by atoms with Crippen molar-refractivity contribution >= 4 is 22.7 Å². The number of nitrogens with one attached hydrogen (secondary N) is 1. The molecule has 0 saturated carbocycles. The molecule has 2 aliphatic rings. The van der Waals surface area contributed by atoms with Gasteiger partial charge in [0.15, 0.2) is 11.5 Å². The highest BCUT2D eigenvalue weighted by atomic mass is 16.5. The third-order valence-corrected chi connectivity index (χ3v) is 6.08. The van der Waals surface area contributed by atoms with Gasteiger partial charge in [0.2, 0.25) is 5.95 Å². The fraction of sp³-hybridized carbons (Fsp3) is 0.636. The van der Waals surface area contributed by atoms with Crippen LogP contribution in [0.15, 0.2) is 12.1 Å². The monoisotopic (exact) mass is 415 g/mol. The van der Waals surface area contributed by atoms with Gasteiger partial charge >= 0.3 is 0 Å². The molecule has 30 heavy (non-hydrogen) atoms. The third-order valence-electron chi connectivity index (χ3n) is 6.08. The van der Waals surface area contributed by atoms with Gasteiger partial charge in [-0.15, -0.1) is 0 Å². The Labute approximate surface area is 178 Å². The molecule has 4 rings (SSSR count). The second-order valence-corrected chi connectivity index (χ2v) is 8.24. The molecule has 0 spiro atoms. The van der Waals surface area contributed by atoms with Gasteiger partial charge in [-0.2, -0.15) is 4.98 Å². The second kappa shape index (κ2) is 9.22. The summed E-state index contributed by atoms with van der Waals surface area (Å²) in [6.07, 6.45) is 2.20. The van der Waals surface area contributed by atoms with Gasteiger partial charge in [-0.1, -0.05) is 0 Å². The summed E-state index contributed by atoms with van der Waals surface area (Å²) >= 11 is 0. The van der Waals surface area contributed by atoms with E-state index in [0.29, 0.717) is 36.8 Å². The summed E-state index contributed by atoms with van der Waals surface area (Å²) in [6.45, 7) is 9.72. The molecule has 2 aromatic rings. The molecule has 1 N–H and O–H groups in total. The van der Waals surface area contributed by atoms with E-state index in [2.05, 4.69) is 29.0 Å². The number of morpholine rings is 1. The molecule has 0 bridgehead atoms. The molecule has 0 unspecified atom stereocenters. The van der Waals surface area contributed by atoms with Gasteiger partial charge < -0.3 is 29.3 Å². The maximum absolute atomic E-state index is 5.53. The van der Waals surface area contributed by atoms with Crippen molar-refractivity contribution < 1.29 is 14.2 Å². The number of methoxy groups -OCH3 is 2. The summed E-state index contributed by atoms with van der Waals surface area (Å²) in [5.41, 5.74) is 0.853. The normalized spacial score (nSPS) is 18.8. The Hall–Kier alpha value is -2.32. The van der Waals surface area contributed by atoms with Crippen molar-refractivity contribution in [2.24, 2.45) is 0 Å². The van der Waals surface area contributed by atoms with Crippen LogP contribution in [0.2, 0.25) is 0 Å². The lowest BCUT2D eigenvalue weighted by molar-refractivity contribution is 0.122. The predicted molar refractivity (Wildman–Crippen MR) is 119 cm³/mol. The van der Waals surface area contributed by atoms with Crippen molar-refractivity contribution in [1.29, 1.82) is 0 Å². The number of hydrogen-bond acceptors (Lipinski definition) is 8. The minimum atomic E-state index is 0.392. The van der Waals surface area contributed by atoms with Crippen LogP contribution >= 0.6 is 0 Å². The number of likely N-dealkylation sites (tertiary alicyclic amines) is 1. The number of hydrogen-bond donors (Lipinski definition) is 1. The zero-order valence-electron chi connectivity index (χ0n) is 18.5. The highest BCUT2D eigenvalue weighted by Crippen LogP contribution is 2.35. The number of benzene rings is 1. The fourth-order valence-corrected chi connectivity index (χ4v) is 4.21. The molecule has 8 heteroatoms. The van der Waals surface area contributed by atoms with E-state index in [1.54, 1.807) is 14.2 Å². The van der Waals surface area contributed by atoms with Crippen molar-refractivity contribution in [2.75, 3.05) is 63.8 Å². The molecule has 0 aliphatic carbocycles. The van der Waals surface area contributed by atoms with E-state index in [9.17, 15) is 0 Å². The predicted octanol–water partition coefficient (Wildman–Crippen LogP) is 2.77. The van der Waals surface area contributed by atoms with Gasteiger partial charge in [-0.25, -0.2) is 4.98 Å². The van der Waals surface area contributed by atoms with Crippen LogP contribution in [0.25, 0.3) is 10.9 Å². The summed E-state index contributed by atoms with van der Waals surface area (Å²) in [7, 11) is 3.30. The van der Waals surface area contributed by atoms with Crippen LogP contribution in [0.5, 0.6) is 11.5 Å². The quantitative estimate of drug-likeness (QED) is 0.772. The highest BCUT2D eigenvalue weighted by molar-refractivity contribution is 5.93. The van der Waals surface area contributed by atoms with Crippen LogP contribution in [0.1, 0.15) is 26.7 Å². The Morgan fingerprint density at radius 1 is 1.00 bits per heavy atom. The molecule has 0 radical (unpaired) electrons. The Balaban J connectivity index is 1.68. The van der Waals surface area contributed by atoms with Crippen molar-refractivity contribution in [3.05, 3.63) is 12.1 Å². The molecule has 1 aromatic carbocycles. The third kappa shape index (κ3) is 4.39. The van der Waals surface area contributed by atoms with Crippen molar-refractivity contribution in [1.82, 2.24) is 14.9 Å². The second-order valence-electron chi connectivity index (χ2n) is 8.24. The fourth-order valence-electron chi connectivity index (χ4n) is 4.21. The van der Waals surface area contributed by atoms with E-state index in [4.69, 9.17) is 24.2 Å². The lowest BCUT2D eigenvalue weighted by Crippen LogP contribution is -2.42. The number of anilines is 2. The number of ether oxygens (including phenoxy) is 3. The average molecular weight is 416 g/mol. The SMILES string of the molecule is COc1cc2nc(N3CCOCC3)nc(NC3CCN(C(C)C)CC3)c2cc1OC. The Kier molecular flexibility index (Phi) is 6.43. The maximum Gasteiger partial charge on any atom is 0.228 e. The lowest BCUT2D eigenvalue weighted by atomic mass is 10.0. The molecule has 8 nitrogen and oxygen atoms in total. The first-order valence-electron chi connectivity index (χ1n) is 10.9. The molecule has 3 heterocycles. The number of fused-ring (bicyclic) bond motifs is 1. The van der Waals surface area contributed by atoms with Gasteiger partial charge in [0.1, 0.15) is 5.82 Å². The standard InChI is InChI=1S/C22H33N5O3/c1-15(2)26-7-5-16(6-8-26)23-21-17-13-19(28-3)20(29-4)14-18(17)24-22(25-21)27-9-11-30-12-10-27/h13-16H,5-12H2,1-4H3,(H,23,24,25). The topological polar surface area (TPSA) is 72.0 Å². The first kappa shape index (κ1) is 20.9. The number of aromatic nitrogens is 2. The van der Waals surface area contributed by atoms with Gasteiger partial charge in [-0.3, -0.25) is 0 Å². The van der Waals surface area contributed by atoms with E-state index >= 15 is 0 Å². The Bertz CT molecular complexity index is 861. The van der Waals surface area contributed by atoms with Gasteiger partial charge in [0.05, 0.1) is 33.0 Å². The first-order valence-corrected chi connectivity index (χ1v) is 10.9. The molecular formula is C22H33N5O3. The minimum absolute atomic E-state index is 0.392. The Morgan fingerprint density at radius 3 is 2.30 bits per heavy atom. The van der Waals surface area contributed by atoms with Crippen LogP contribution < -0.4 is 19.7 Å². The highest BCUT2D eigenvalue weighted by Gasteiger charge is 2.24.